The highest BCUT2D eigenvalue weighted by Crippen LogP contribution is 2.10. The summed E-state index contributed by atoms with van der Waals surface area (Å²) in [5.74, 6) is 0.377. The number of nitrogens with one attached hydrogen (secondary N) is 1. The maximum atomic E-state index is 11.5. The number of benzene rings is 1. The van der Waals surface area contributed by atoms with Crippen molar-refractivity contribution in [1.29, 1.82) is 0 Å². The van der Waals surface area contributed by atoms with E-state index in [1.807, 2.05) is 0 Å². The number of methoxy groups -OCH3 is 1. The van der Waals surface area contributed by atoms with Gasteiger partial charge in [-0.15, -0.1) is 0 Å². The first-order valence-corrected chi connectivity index (χ1v) is 4.88. The summed E-state index contributed by atoms with van der Waals surface area (Å²) < 4.78 is 4.96. The summed E-state index contributed by atoms with van der Waals surface area (Å²) in [5.41, 5.74) is 0.478. The minimum absolute atomic E-state index is 0.0291. The Labute approximate surface area is 93.7 Å². The minimum Gasteiger partial charge on any atom is -0.497 e. The van der Waals surface area contributed by atoms with Gasteiger partial charge in [-0.1, -0.05) is 0 Å². The lowest BCUT2D eigenvalue weighted by Gasteiger charge is -2.09. The van der Waals surface area contributed by atoms with Crippen molar-refractivity contribution in [1.82, 2.24) is 5.32 Å². The zero-order valence-electron chi connectivity index (χ0n) is 9.01. The van der Waals surface area contributed by atoms with Crippen LogP contribution in [0.5, 0.6) is 5.75 Å². The number of ether oxygens (including phenoxy) is 1. The quantitative estimate of drug-likeness (QED) is 0.647. The molecular weight excluding hydrogens is 210 g/mol. The Kier molecular flexibility index (Phi) is 4.75. The first-order valence-electron chi connectivity index (χ1n) is 4.88. The number of amides is 1. The molecule has 5 heteroatoms. The summed E-state index contributed by atoms with van der Waals surface area (Å²) in [7, 11) is 1.55. The molecule has 0 spiro atoms. The summed E-state index contributed by atoms with van der Waals surface area (Å²) >= 11 is 0. The average Bonchev–Trinajstić information content (AvgIpc) is 2.35. The van der Waals surface area contributed by atoms with Crippen molar-refractivity contribution in [2.45, 2.75) is 6.10 Å². The summed E-state index contributed by atoms with van der Waals surface area (Å²) in [6, 6.07) is 6.60. The molecule has 0 heterocycles. The molecule has 16 heavy (non-hydrogen) atoms. The van der Waals surface area contributed by atoms with E-state index in [0.717, 1.165) is 0 Å². The van der Waals surface area contributed by atoms with Crippen molar-refractivity contribution in [3.05, 3.63) is 29.8 Å². The fourth-order valence-electron chi connectivity index (χ4n) is 1.12. The first-order chi connectivity index (χ1) is 7.67. The lowest BCUT2D eigenvalue weighted by molar-refractivity contribution is 0.0802. The van der Waals surface area contributed by atoms with Crippen LogP contribution in [0.4, 0.5) is 0 Å². The molecule has 0 aliphatic carbocycles. The van der Waals surface area contributed by atoms with E-state index in [1.165, 1.54) is 0 Å². The molecule has 1 rings (SSSR count). The molecule has 1 amide bonds. The van der Waals surface area contributed by atoms with Crippen molar-refractivity contribution in [2.75, 3.05) is 20.3 Å². The third-order valence-electron chi connectivity index (χ3n) is 2.06. The topological polar surface area (TPSA) is 78.8 Å². The second-order valence-corrected chi connectivity index (χ2v) is 3.27. The normalized spacial score (nSPS) is 11.9. The summed E-state index contributed by atoms with van der Waals surface area (Å²) in [6.07, 6.45) is -0.929. The molecule has 0 saturated carbocycles. The molecule has 1 aromatic carbocycles. The highest BCUT2D eigenvalue weighted by Gasteiger charge is 2.07. The van der Waals surface area contributed by atoms with E-state index in [1.54, 1.807) is 31.4 Å². The molecule has 1 aromatic rings. The minimum atomic E-state index is -0.929. The first kappa shape index (κ1) is 12.5. The number of hydrogen-bond acceptors (Lipinski definition) is 4. The van der Waals surface area contributed by atoms with Crippen LogP contribution in [-0.4, -0.2) is 42.5 Å². The van der Waals surface area contributed by atoms with Gasteiger partial charge in [0.15, 0.2) is 0 Å². The van der Waals surface area contributed by atoms with E-state index < -0.39 is 6.10 Å². The van der Waals surface area contributed by atoms with Crippen LogP contribution in [0.25, 0.3) is 0 Å². The number of rotatable bonds is 5. The van der Waals surface area contributed by atoms with Crippen molar-refractivity contribution in [3.63, 3.8) is 0 Å². The maximum Gasteiger partial charge on any atom is 0.251 e. The Morgan fingerprint density at radius 3 is 2.56 bits per heavy atom. The van der Waals surface area contributed by atoms with E-state index in [4.69, 9.17) is 14.9 Å². The molecule has 0 bridgehead atoms. The van der Waals surface area contributed by atoms with Crippen LogP contribution in [0.1, 0.15) is 10.4 Å². The summed E-state index contributed by atoms with van der Waals surface area (Å²) in [6.45, 7) is -0.343. The van der Waals surface area contributed by atoms with Crippen LogP contribution in [0.2, 0.25) is 0 Å². The lowest BCUT2D eigenvalue weighted by atomic mass is 10.2. The van der Waals surface area contributed by atoms with Gasteiger partial charge >= 0.3 is 0 Å². The maximum absolute atomic E-state index is 11.5. The Morgan fingerprint density at radius 2 is 2.06 bits per heavy atom. The average molecular weight is 225 g/mol. The third-order valence-corrected chi connectivity index (χ3v) is 2.06. The molecular formula is C11H15NO4. The van der Waals surface area contributed by atoms with Gasteiger partial charge in [0.25, 0.3) is 5.91 Å². The van der Waals surface area contributed by atoms with E-state index in [9.17, 15) is 4.79 Å². The predicted molar refractivity (Wildman–Crippen MR) is 58.4 cm³/mol. The van der Waals surface area contributed by atoms with Crippen LogP contribution in [0, 0.1) is 0 Å². The van der Waals surface area contributed by atoms with Crippen molar-refractivity contribution in [3.8, 4) is 5.75 Å². The smallest absolute Gasteiger partial charge is 0.251 e. The number of hydrogen-bond donors (Lipinski definition) is 3. The van der Waals surface area contributed by atoms with E-state index in [-0.39, 0.29) is 19.1 Å². The van der Waals surface area contributed by atoms with E-state index in [0.29, 0.717) is 11.3 Å². The Morgan fingerprint density at radius 1 is 1.44 bits per heavy atom. The van der Waals surface area contributed by atoms with Crippen molar-refractivity contribution >= 4 is 5.91 Å². The van der Waals surface area contributed by atoms with Gasteiger partial charge in [-0.25, -0.2) is 0 Å². The molecule has 1 unspecified atom stereocenters. The second kappa shape index (κ2) is 6.09. The van der Waals surface area contributed by atoms with E-state index in [2.05, 4.69) is 5.32 Å². The highest BCUT2D eigenvalue weighted by molar-refractivity contribution is 5.94. The lowest BCUT2D eigenvalue weighted by Crippen LogP contribution is -2.33. The van der Waals surface area contributed by atoms with Gasteiger partial charge < -0.3 is 20.3 Å². The molecule has 0 aromatic heterocycles. The Bertz CT molecular complexity index is 336. The molecule has 0 aliphatic heterocycles. The zero-order valence-corrected chi connectivity index (χ0v) is 9.01. The molecule has 0 saturated heterocycles. The Hall–Kier alpha value is -1.59. The van der Waals surface area contributed by atoms with Gasteiger partial charge in [-0.2, -0.15) is 0 Å². The zero-order chi connectivity index (χ0) is 12.0. The standard InChI is InChI=1S/C11H15NO4/c1-16-10-4-2-8(3-5-10)11(15)12-6-9(14)7-13/h2-5,9,13-14H,6-7H2,1H3,(H,12,15). The molecule has 3 N–H and O–H groups in total. The number of carbonyl (C=O) groups is 1. The summed E-state index contributed by atoms with van der Waals surface area (Å²) in [5, 5.41) is 20.1. The van der Waals surface area contributed by atoms with Crippen molar-refractivity contribution < 1.29 is 19.7 Å². The fraction of sp³-hybridized carbons (Fsp3) is 0.364. The largest absolute Gasteiger partial charge is 0.497 e. The predicted octanol–water partition coefficient (Wildman–Crippen LogP) is -0.222. The highest BCUT2D eigenvalue weighted by atomic mass is 16.5. The monoisotopic (exact) mass is 225 g/mol. The third kappa shape index (κ3) is 3.52. The van der Waals surface area contributed by atoms with Gasteiger partial charge in [0.2, 0.25) is 0 Å². The van der Waals surface area contributed by atoms with Gasteiger partial charge in [-0.05, 0) is 24.3 Å². The van der Waals surface area contributed by atoms with Crippen LogP contribution >= 0.6 is 0 Å². The molecule has 5 nitrogen and oxygen atoms in total. The second-order valence-electron chi connectivity index (χ2n) is 3.27. The molecule has 1 atom stereocenters. The SMILES string of the molecule is COc1ccc(C(=O)NCC(O)CO)cc1. The Balaban J connectivity index is 2.52. The molecule has 88 valence electrons. The number of aliphatic hydroxyl groups is 2. The molecule has 0 aliphatic rings. The number of aliphatic hydroxyl groups excluding tert-OH is 2. The van der Waals surface area contributed by atoms with Crippen LogP contribution in [0.15, 0.2) is 24.3 Å². The molecule has 0 fully saturated rings. The van der Waals surface area contributed by atoms with Gasteiger partial charge in [0.1, 0.15) is 5.75 Å². The summed E-state index contributed by atoms with van der Waals surface area (Å²) in [4.78, 5) is 11.5. The van der Waals surface area contributed by atoms with Gasteiger partial charge in [0.05, 0.1) is 19.8 Å². The van der Waals surface area contributed by atoms with Crippen LogP contribution in [0.3, 0.4) is 0 Å². The number of carbonyl (C=O) groups excluding carboxylic acids is 1. The van der Waals surface area contributed by atoms with Gasteiger partial charge in [0, 0.05) is 12.1 Å². The van der Waals surface area contributed by atoms with Crippen LogP contribution < -0.4 is 10.1 Å². The fourth-order valence-corrected chi connectivity index (χ4v) is 1.12. The van der Waals surface area contributed by atoms with Gasteiger partial charge in [-0.3, -0.25) is 4.79 Å². The van der Waals surface area contributed by atoms with Crippen LogP contribution in [-0.2, 0) is 0 Å². The van der Waals surface area contributed by atoms with E-state index >= 15 is 0 Å². The molecule has 0 radical (unpaired) electrons. The van der Waals surface area contributed by atoms with Crippen molar-refractivity contribution in [2.24, 2.45) is 0 Å².